The van der Waals surface area contributed by atoms with E-state index < -0.39 is 0 Å². The fourth-order valence-corrected chi connectivity index (χ4v) is 1.81. The van der Waals surface area contributed by atoms with Crippen molar-refractivity contribution in [2.24, 2.45) is 0 Å². The number of hydrogen-bond donors (Lipinski definition) is 1. The van der Waals surface area contributed by atoms with Gasteiger partial charge in [-0.2, -0.15) is 0 Å². The van der Waals surface area contributed by atoms with Crippen LogP contribution in [-0.2, 0) is 11.3 Å². The summed E-state index contributed by atoms with van der Waals surface area (Å²) in [6.07, 6.45) is 1.02. The summed E-state index contributed by atoms with van der Waals surface area (Å²) >= 11 is 0. The summed E-state index contributed by atoms with van der Waals surface area (Å²) in [5.74, 6) is 0. The van der Waals surface area contributed by atoms with E-state index >= 15 is 0 Å². The maximum atomic E-state index is 9.03. The molecule has 0 atom stereocenters. The Balaban J connectivity index is 2.64. The molecule has 90 valence electrons. The minimum atomic E-state index is 0.106. The van der Waals surface area contributed by atoms with Crippen molar-refractivity contribution < 1.29 is 9.84 Å². The van der Waals surface area contributed by atoms with Gasteiger partial charge in [0.15, 0.2) is 0 Å². The molecule has 3 heteroatoms. The van der Waals surface area contributed by atoms with Crippen molar-refractivity contribution in [3.8, 4) is 0 Å². The molecule has 1 N–H and O–H groups in total. The van der Waals surface area contributed by atoms with Crippen molar-refractivity contribution in [3.63, 3.8) is 0 Å². The van der Waals surface area contributed by atoms with Gasteiger partial charge in [0, 0.05) is 33.0 Å². The number of aliphatic hydroxyl groups excluding tert-OH is 1. The zero-order valence-corrected chi connectivity index (χ0v) is 10.4. The standard InChI is InChI=1S/C13H21NO2/c1-11-9-12(10-15)5-6-13(11)14(2)7-4-8-16-3/h5-6,9,15H,4,7-8,10H2,1-3H3. The molecule has 0 radical (unpaired) electrons. The molecule has 0 spiro atoms. The SMILES string of the molecule is COCCCN(C)c1ccc(CO)cc1C. The highest BCUT2D eigenvalue weighted by Gasteiger charge is 2.04. The Morgan fingerprint density at radius 2 is 2.12 bits per heavy atom. The second kappa shape index (κ2) is 6.51. The molecular weight excluding hydrogens is 202 g/mol. The van der Waals surface area contributed by atoms with Crippen molar-refractivity contribution in [2.75, 3.05) is 32.2 Å². The number of rotatable bonds is 6. The second-order valence-electron chi connectivity index (χ2n) is 4.05. The fraction of sp³-hybridized carbons (Fsp3) is 0.538. The van der Waals surface area contributed by atoms with E-state index in [0.717, 1.165) is 25.1 Å². The van der Waals surface area contributed by atoms with E-state index in [1.165, 1.54) is 11.3 Å². The van der Waals surface area contributed by atoms with Gasteiger partial charge in [0.1, 0.15) is 0 Å². The van der Waals surface area contributed by atoms with E-state index in [-0.39, 0.29) is 6.61 Å². The summed E-state index contributed by atoms with van der Waals surface area (Å²) < 4.78 is 5.04. The first-order chi connectivity index (χ1) is 7.69. The number of aliphatic hydroxyl groups is 1. The lowest BCUT2D eigenvalue weighted by Gasteiger charge is -2.21. The van der Waals surface area contributed by atoms with Gasteiger partial charge >= 0.3 is 0 Å². The number of benzene rings is 1. The van der Waals surface area contributed by atoms with Crippen molar-refractivity contribution in [3.05, 3.63) is 29.3 Å². The lowest BCUT2D eigenvalue weighted by molar-refractivity contribution is 0.196. The number of ether oxygens (including phenoxy) is 1. The van der Waals surface area contributed by atoms with Gasteiger partial charge in [-0.05, 0) is 30.5 Å². The molecule has 1 aromatic rings. The maximum Gasteiger partial charge on any atom is 0.0681 e. The Hall–Kier alpha value is -1.06. The lowest BCUT2D eigenvalue weighted by atomic mass is 10.1. The van der Waals surface area contributed by atoms with Crippen LogP contribution < -0.4 is 4.90 Å². The molecule has 1 aromatic carbocycles. The third-order valence-electron chi connectivity index (χ3n) is 2.70. The minimum absolute atomic E-state index is 0.106. The highest BCUT2D eigenvalue weighted by molar-refractivity contribution is 5.53. The smallest absolute Gasteiger partial charge is 0.0681 e. The molecule has 0 amide bonds. The van der Waals surface area contributed by atoms with Gasteiger partial charge < -0.3 is 14.7 Å². The van der Waals surface area contributed by atoms with Crippen molar-refractivity contribution in [1.29, 1.82) is 0 Å². The maximum absolute atomic E-state index is 9.03. The van der Waals surface area contributed by atoms with Crippen LogP contribution in [0.1, 0.15) is 17.5 Å². The van der Waals surface area contributed by atoms with Crippen molar-refractivity contribution >= 4 is 5.69 Å². The third-order valence-corrected chi connectivity index (χ3v) is 2.70. The average Bonchev–Trinajstić information content (AvgIpc) is 2.29. The van der Waals surface area contributed by atoms with Gasteiger partial charge in [-0.15, -0.1) is 0 Å². The van der Waals surface area contributed by atoms with E-state index in [4.69, 9.17) is 9.84 Å². The molecule has 0 heterocycles. The zero-order valence-electron chi connectivity index (χ0n) is 10.4. The van der Waals surface area contributed by atoms with Crippen LogP contribution in [0.5, 0.6) is 0 Å². The topological polar surface area (TPSA) is 32.7 Å². The van der Waals surface area contributed by atoms with Crippen LogP contribution >= 0.6 is 0 Å². The van der Waals surface area contributed by atoms with Crippen LogP contribution in [0.25, 0.3) is 0 Å². The first kappa shape index (κ1) is 13.0. The van der Waals surface area contributed by atoms with Gasteiger partial charge in [0.2, 0.25) is 0 Å². The molecule has 1 rings (SSSR count). The van der Waals surface area contributed by atoms with Crippen LogP contribution in [-0.4, -0.2) is 32.4 Å². The monoisotopic (exact) mass is 223 g/mol. The Kier molecular flexibility index (Phi) is 5.29. The second-order valence-corrected chi connectivity index (χ2v) is 4.05. The van der Waals surface area contributed by atoms with Gasteiger partial charge in [-0.1, -0.05) is 12.1 Å². The molecule has 0 aliphatic heterocycles. The molecular formula is C13H21NO2. The van der Waals surface area contributed by atoms with Crippen molar-refractivity contribution in [2.45, 2.75) is 20.0 Å². The summed E-state index contributed by atoms with van der Waals surface area (Å²) in [6.45, 7) is 3.95. The molecule has 16 heavy (non-hydrogen) atoms. The third kappa shape index (κ3) is 3.51. The Morgan fingerprint density at radius 1 is 1.38 bits per heavy atom. The van der Waals surface area contributed by atoms with Crippen LogP contribution in [0.15, 0.2) is 18.2 Å². The quantitative estimate of drug-likeness (QED) is 0.748. The van der Waals surface area contributed by atoms with Crippen LogP contribution in [0, 0.1) is 6.92 Å². The number of methoxy groups -OCH3 is 1. The predicted molar refractivity (Wildman–Crippen MR) is 66.9 cm³/mol. The molecule has 0 saturated heterocycles. The number of anilines is 1. The summed E-state index contributed by atoms with van der Waals surface area (Å²) in [5.41, 5.74) is 3.38. The van der Waals surface area contributed by atoms with E-state index in [2.05, 4.69) is 24.9 Å². The van der Waals surface area contributed by atoms with Crippen LogP contribution in [0.2, 0.25) is 0 Å². The zero-order chi connectivity index (χ0) is 12.0. The lowest BCUT2D eigenvalue weighted by Crippen LogP contribution is -2.20. The first-order valence-electron chi connectivity index (χ1n) is 5.59. The Morgan fingerprint density at radius 3 is 2.69 bits per heavy atom. The number of nitrogens with zero attached hydrogens (tertiary/aromatic N) is 1. The molecule has 0 aromatic heterocycles. The fourth-order valence-electron chi connectivity index (χ4n) is 1.81. The van der Waals surface area contributed by atoms with Crippen molar-refractivity contribution in [1.82, 2.24) is 0 Å². The number of hydrogen-bond acceptors (Lipinski definition) is 3. The molecule has 3 nitrogen and oxygen atoms in total. The van der Waals surface area contributed by atoms with Crippen LogP contribution in [0.4, 0.5) is 5.69 Å². The molecule has 0 bridgehead atoms. The Bertz CT molecular complexity index is 326. The van der Waals surface area contributed by atoms with Gasteiger partial charge in [0.05, 0.1) is 6.61 Å². The summed E-state index contributed by atoms with van der Waals surface area (Å²) in [5, 5.41) is 9.03. The average molecular weight is 223 g/mol. The van der Waals surface area contributed by atoms with E-state index in [1.54, 1.807) is 7.11 Å². The summed E-state index contributed by atoms with van der Waals surface area (Å²) in [7, 11) is 3.80. The summed E-state index contributed by atoms with van der Waals surface area (Å²) in [6, 6.07) is 6.06. The number of aryl methyl sites for hydroxylation is 1. The van der Waals surface area contributed by atoms with E-state index in [0.29, 0.717) is 0 Å². The van der Waals surface area contributed by atoms with E-state index in [1.807, 2.05) is 12.1 Å². The first-order valence-corrected chi connectivity index (χ1v) is 5.59. The largest absolute Gasteiger partial charge is 0.392 e. The van der Waals surface area contributed by atoms with Gasteiger partial charge in [-0.25, -0.2) is 0 Å². The minimum Gasteiger partial charge on any atom is -0.392 e. The molecule has 0 fully saturated rings. The molecule has 0 aliphatic carbocycles. The molecule has 0 aliphatic rings. The highest BCUT2D eigenvalue weighted by atomic mass is 16.5. The molecule has 0 saturated carbocycles. The normalized spacial score (nSPS) is 10.5. The highest BCUT2D eigenvalue weighted by Crippen LogP contribution is 2.20. The van der Waals surface area contributed by atoms with Crippen LogP contribution in [0.3, 0.4) is 0 Å². The predicted octanol–water partition coefficient (Wildman–Crippen LogP) is 1.96. The Labute approximate surface area is 97.7 Å². The van der Waals surface area contributed by atoms with E-state index in [9.17, 15) is 0 Å². The van der Waals surface area contributed by atoms with Gasteiger partial charge in [-0.3, -0.25) is 0 Å². The summed E-state index contributed by atoms with van der Waals surface area (Å²) in [4.78, 5) is 2.22. The molecule has 0 unspecified atom stereocenters. The van der Waals surface area contributed by atoms with Gasteiger partial charge in [0.25, 0.3) is 0 Å².